The van der Waals surface area contributed by atoms with Gasteiger partial charge in [-0.2, -0.15) is 0 Å². The molecule has 0 aliphatic carbocycles. The van der Waals surface area contributed by atoms with Gasteiger partial charge in [0.15, 0.2) is 17.3 Å². The van der Waals surface area contributed by atoms with Crippen molar-refractivity contribution >= 4 is 17.7 Å². The number of imide groups is 1. The molecule has 1 N–H and O–H groups in total. The van der Waals surface area contributed by atoms with Gasteiger partial charge in [-0.25, -0.2) is 4.79 Å². The van der Waals surface area contributed by atoms with Gasteiger partial charge in [-0.1, -0.05) is 6.07 Å². The topological polar surface area (TPSA) is 99.1 Å². The van der Waals surface area contributed by atoms with Crippen LogP contribution in [-0.4, -0.2) is 60.7 Å². The van der Waals surface area contributed by atoms with Crippen molar-refractivity contribution in [2.45, 2.75) is 32.9 Å². The number of aromatic nitrogens is 1. The van der Waals surface area contributed by atoms with Gasteiger partial charge in [-0.3, -0.25) is 14.5 Å². The molecule has 1 aromatic carbocycles. The summed E-state index contributed by atoms with van der Waals surface area (Å²) in [5.74, 6) is 0.337. The minimum absolute atomic E-state index is 0.295. The van der Waals surface area contributed by atoms with E-state index in [4.69, 9.17) is 14.2 Å². The average Bonchev–Trinajstić information content (AvgIpc) is 3.19. The van der Waals surface area contributed by atoms with Crippen molar-refractivity contribution in [3.05, 3.63) is 46.8 Å². The summed E-state index contributed by atoms with van der Waals surface area (Å²) in [6.07, 6.45) is 0. The van der Waals surface area contributed by atoms with E-state index in [0.717, 1.165) is 16.3 Å². The van der Waals surface area contributed by atoms with Crippen LogP contribution < -0.4 is 14.8 Å². The first-order valence-electron chi connectivity index (χ1n) is 10.5. The molecule has 9 heteroatoms. The molecule has 2 aliphatic heterocycles. The number of nitrogens with zero attached hydrogens (tertiary/aromatic N) is 2. The summed E-state index contributed by atoms with van der Waals surface area (Å²) in [6.45, 7) is 7.06. The molecule has 1 fully saturated rings. The van der Waals surface area contributed by atoms with Crippen molar-refractivity contribution in [3.63, 3.8) is 0 Å². The lowest BCUT2D eigenvalue weighted by atomic mass is 9.91. The average molecular weight is 441 g/mol. The zero-order chi connectivity index (χ0) is 23.0. The standard InChI is InChI=1S/C23H27N3O6/c1-14-11-17(15(2)25(14)7-8-30-4)18(27)13-26-21(28)23(3,24-22(26)29)16-5-6-19-20(12-16)32-10-9-31-19/h5-6,11-12H,7-10,13H2,1-4H3,(H,24,29). The molecule has 2 aliphatic rings. The Hall–Kier alpha value is -3.33. The molecule has 3 heterocycles. The molecular weight excluding hydrogens is 414 g/mol. The Morgan fingerprint density at radius 2 is 1.88 bits per heavy atom. The van der Waals surface area contributed by atoms with E-state index in [1.165, 1.54) is 0 Å². The molecule has 0 bridgehead atoms. The number of nitrogens with one attached hydrogen (secondary N) is 1. The number of urea groups is 1. The number of rotatable bonds is 7. The van der Waals surface area contributed by atoms with Gasteiger partial charge in [0.25, 0.3) is 5.91 Å². The Morgan fingerprint density at radius 1 is 1.16 bits per heavy atom. The lowest BCUT2D eigenvalue weighted by molar-refractivity contribution is -0.130. The maximum atomic E-state index is 13.3. The second-order valence-corrected chi connectivity index (χ2v) is 8.16. The molecule has 2 aromatic rings. The molecule has 1 saturated heterocycles. The van der Waals surface area contributed by atoms with Gasteiger partial charge in [0.1, 0.15) is 18.8 Å². The normalized spacial score (nSPS) is 19.9. The second-order valence-electron chi connectivity index (χ2n) is 8.16. The molecule has 0 spiro atoms. The molecule has 3 amide bonds. The highest BCUT2D eigenvalue weighted by Crippen LogP contribution is 2.37. The quantitative estimate of drug-likeness (QED) is 0.522. The number of fused-ring (bicyclic) bond motifs is 1. The number of carbonyl (C=O) groups excluding carboxylic acids is 3. The zero-order valence-electron chi connectivity index (χ0n) is 18.7. The van der Waals surface area contributed by atoms with Crippen LogP contribution >= 0.6 is 0 Å². The minimum Gasteiger partial charge on any atom is -0.486 e. The van der Waals surface area contributed by atoms with Gasteiger partial charge >= 0.3 is 6.03 Å². The molecule has 9 nitrogen and oxygen atoms in total. The molecule has 170 valence electrons. The summed E-state index contributed by atoms with van der Waals surface area (Å²) in [4.78, 5) is 40.0. The predicted octanol–water partition coefficient (Wildman–Crippen LogP) is 2.17. The van der Waals surface area contributed by atoms with E-state index < -0.39 is 17.5 Å². The van der Waals surface area contributed by atoms with Crippen LogP contribution in [0.15, 0.2) is 24.3 Å². The van der Waals surface area contributed by atoms with Crippen molar-refractivity contribution in [1.82, 2.24) is 14.8 Å². The Bertz CT molecular complexity index is 1090. The van der Waals surface area contributed by atoms with Crippen LogP contribution in [-0.2, 0) is 21.6 Å². The minimum atomic E-state index is -1.30. The molecular formula is C23H27N3O6. The monoisotopic (exact) mass is 441 g/mol. The number of aryl methyl sites for hydroxylation is 1. The van der Waals surface area contributed by atoms with Crippen LogP contribution in [0, 0.1) is 13.8 Å². The Balaban J connectivity index is 1.55. The number of ether oxygens (including phenoxy) is 3. The van der Waals surface area contributed by atoms with E-state index in [2.05, 4.69) is 5.32 Å². The summed E-state index contributed by atoms with van der Waals surface area (Å²) in [7, 11) is 1.62. The Morgan fingerprint density at radius 3 is 2.59 bits per heavy atom. The van der Waals surface area contributed by atoms with Crippen molar-refractivity contribution in [3.8, 4) is 11.5 Å². The summed E-state index contributed by atoms with van der Waals surface area (Å²) in [5, 5.41) is 2.74. The fraction of sp³-hybridized carbons (Fsp3) is 0.435. The van der Waals surface area contributed by atoms with Crippen molar-refractivity contribution < 1.29 is 28.6 Å². The first kappa shape index (κ1) is 21.9. The third-order valence-corrected chi connectivity index (χ3v) is 6.09. The molecule has 32 heavy (non-hydrogen) atoms. The summed E-state index contributed by atoms with van der Waals surface area (Å²) >= 11 is 0. The van der Waals surface area contributed by atoms with Crippen LogP contribution in [0.25, 0.3) is 0 Å². The van der Waals surface area contributed by atoms with E-state index in [1.807, 2.05) is 18.4 Å². The lowest BCUT2D eigenvalue weighted by Gasteiger charge is -2.25. The molecule has 4 rings (SSSR count). The number of benzene rings is 1. The molecule has 1 atom stereocenters. The maximum absolute atomic E-state index is 13.3. The van der Waals surface area contributed by atoms with Gasteiger partial charge in [0.2, 0.25) is 0 Å². The molecule has 1 aromatic heterocycles. The van der Waals surface area contributed by atoms with Gasteiger partial charge in [0, 0.05) is 30.6 Å². The SMILES string of the molecule is COCCn1c(C)cc(C(=O)CN2C(=O)NC(C)(c3ccc4c(c3)OCCO4)C2=O)c1C. The largest absolute Gasteiger partial charge is 0.486 e. The third kappa shape index (κ3) is 3.62. The molecule has 0 radical (unpaired) electrons. The van der Waals surface area contributed by atoms with Gasteiger partial charge in [0.05, 0.1) is 13.2 Å². The van der Waals surface area contributed by atoms with Crippen LogP contribution in [0.2, 0.25) is 0 Å². The van der Waals surface area contributed by atoms with E-state index >= 15 is 0 Å². The highest BCUT2D eigenvalue weighted by atomic mass is 16.6. The molecule has 0 saturated carbocycles. The first-order chi connectivity index (χ1) is 15.3. The number of hydrogen-bond acceptors (Lipinski definition) is 6. The predicted molar refractivity (Wildman–Crippen MR) is 115 cm³/mol. The van der Waals surface area contributed by atoms with Crippen LogP contribution in [0.3, 0.4) is 0 Å². The summed E-state index contributed by atoms with van der Waals surface area (Å²) < 4.78 is 18.3. The van der Waals surface area contributed by atoms with Gasteiger partial charge in [-0.15, -0.1) is 0 Å². The number of methoxy groups -OCH3 is 1. The molecule has 1 unspecified atom stereocenters. The highest BCUT2D eigenvalue weighted by molar-refractivity contribution is 6.11. The Kier molecular flexibility index (Phi) is 5.68. The zero-order valence-corrected chi connectivity index (χ0v) is 18.7. The first-order valence-corrected chi connectivity index (χ1v) is 10.5. The van der Waals surface area contributed by atoms with Crippen LogP contribution in [0.5, 0.6) is 11.5 Å². The van der Waals surface area contributed by atoms with Gasteiger partial charge < -0.3 is 24.1 Å². The van der Waals surface area contributed by atoms with Gasteiger partial charge in [-0.05, 0) is 44.5 Å². The number of amides is 3. The van der Waals surface area contributed by atoms with Crippen molar-refractivity contribution in [2.24, 2.45) is 0 Å². The van der Waals surface area contributed by atoms with E-state index in [0.29, 0.717) is 49.0 Å². The number of ketones is 1. The number of hydrogen-bond donors (Lipinski definition) is 1. The summed E-state index contributed by atoms with van der Waals surface area (Å²) in [6, 6.07) is 6.32. The van der Waals surface area contributed by atoms with E-state index in [1.54, 1.807) is 38.3 Å². The van der Waals surface area contributed by atoms with Crippen LogP contribution in [0.4, 0.5) is 4.79 Å². The number of Topliss-reactive ketones (excluding diaryl/α,β-unsaturated/α-hetero) is 1. The highest BCUT2D eigenvalue weighted by Gasteiger charge is 2.50. The second kappa shape index (κ2) is 8.31. The fourth-order valence-corrected chi connectivity index (χ4v) is 4.23. The lowest BCUT2D eigenvalue weighted by Crippen LogP contribution is -2.41. The summed E-state index contributed by atoms with van der Waals surface area (Å²) in [5.41, 5.74) is 1.45. The van der Waals surface area contributed by atoms with E-state index in [9.17, 15) is 14.4 Å². The fourth-order valence-electron chi connectivity index (χ4n) is 4.23. The number of carbonyl (C=O) groups is 3. The van der Waals surface area contributed by atoms with Crippen molar-refractivity contribution in [2.75, 3.05) is 33.5 Å². The van der Waals surface area contributed by atoms with Crippen LogP contribution in [0.1, 0.15) is 34.2 Å². The van der Waals surface area contributed by atoms with E-state index in [-0.39, 0.29) is 12.3 Å². The Labute approximate surface area is 186 Å². The smallest absolute Gasteiger partial charge is 0.325 e. The maximum Gasteiger partial charge on any atom is 0.325 e. The third-order valence-electron chi connectivity index (χ3n) is 6.09. The van der Waals surface area contributed by atoms with Crippen molar-refractivity contribution in [1.29, 1.82) is 0 Å².